The maximum Gasteiger partial charge on any atom is 0.306 e. The molecular weight excluding hydrogens is 208 g/mol. The molecule has 0 amide bonds. The van der Waals surface area contributed by atoms with E-state index in [-0.39, 0.29) is 6.42 Å². The molecule has 0 radical (unpaired) electrons. The smallest absolute Gasteiger partial charge is 0.306 e. The predicted octanol–water partition coefficient (Wildman–Crippen LogP) is 1.27. The van der Waals surface area contributed by atoms with Crippen molar-refractivity contribution in [2.75, 3.05) is 6.61 Å². The van der Waals surface area contributed by atoms with Gasteiger partial charge in [0.25, 0.3) is 0 Å². The number of ether oxygens (including phenoxy) is 1. The van der Waals surface area contributed by atoms with Crippen LogP contribution in [-0.4, -0.2) is 22.8 Å². The molecule has 0 aliphatic carbocycles. The van der Waals surface area contributed by atoms with Gasteiger partial charge in [0.1, 0.15) is 0 Å². The largest absolute Gasteiger partial charge is 0.481 e. The normalized spacial score (nSPS) is 16.6. The third-order valence-corrected chi connectivity index (χ3v) is 2.76. The van der Waals surface area contributed by atoms with E-state index in [2.05, 4.69) is 0 Å². The standard InChI is InChI=1S/C12H14O4/c13-11(6-12(14)15)9-1-2-10-7-16-4-3-8(10)5-9/h1-2,5,11,13H,3-4,6-7H2,(H,14,15)/t11-/m1/s1. The van der Waals surface area contributed by atoms with Crippen LogP contribution in [-0.2, 0) is 22.6 Å². The average Bonchev–Trinajstić information content (AvgIpc) is 2.27. The molecule has 16 heavy (non-hydrogen) atoms. The van der Waals surface area contributed by atoms with Gasteiger partial charge in [-0.25, -0.2) is 0 Å². The van der Waals surface area contributed by atoms with Gasteiger partial charge in [-0.05, 0) is 23.1 Å². The molecule has 0 spiro atoms. The number of aliphatic hydroxyl groups is 1. The van der Waals surface area contributed by atoms with Crippen LogP contribution in [0, 0.1) is 0 Å². The molecule has 1 aliphatic rings. The number of carboxylic acid groups (broad SMARTS) is 1. The minimum absolute atomic E-state index is 0.255. The number of hydrogen-bond acceptors (Lipinski definition) is 3. The van der Waals surface area contributed by atoms with Gasteiger partial charge in [0.15, 0.2) is 0 Å². The molecule has 0 saturated heterocycles. The van der Waals surface area contributed by atoms with E-state index in [1.165, 1.54) is 0 Å². The third-order valence-electron chi connectivity index (χ3n) is 2.76. The Morgan fingerprint density at radius 3 is 3.00 bits per heavy atom. The first kappa shape index (κ1) is 11.1. The van der Waals surface area contributed by atoms with Crippen LogP contribution in [0.15, 0.2) is 18.2 Å². The van der Waals surface area contributed by atoms with E-state index in [4.69, 9.17) is 9.84 Å². The van der Waals surface area contributed by atoms with Gasteiger partial charge in [0.2, 0.25) is 0 Å². The van der Waals surface area contributed by atoms with Crippen molar-refractivity contribution in [2.24, 2.45) is 0 Å². The molecule has 86 valence electrons. The number of rotatable bonds is 3. The summed E-state index contributed by atoms with van der Waals surface area (Å²) in [6, 6.07) is 5.54. The van der Waals surface area contributed by atoms with E-state index >= 15 is 0 Å². The fraction of sp³-hybridized carbons (Fsp3) is 0.417. The first-order valence-electron chi connectivity index (χ1n) is 5.26. The van der Waals surface area contributed by atoms with Crippen molar-refractivity contribution in [1.82, 2.24) is 0 Å². The number of aliphatic hydroxyl groups excluding tert-OH is 1. The van der Waals surface area contributed by atoms with Crippen LogP contribution in [0.25, 0.3) is 0 Å². The van der Waals surface area contributed by atoms with E-state index in [0.29, 0.717) is 18.8 Å². The van der Waals surface area contributed by atoms with Gasteiger partial charge in [-0.3, -0.25) is 4.79 Å². The van der Waals surface area contributed by atoms with Gasteiger partial charge in [-0.15, -0.1) is 0 Å². The maximum absolute atomic E-state index is 10.5. The van der Waals surface area contributed by atoms with Crippen molar-refractivity contribution in [3.8, 4) is 0 Å². The van der Waals surface area contributed by atoms with Crippen LogP contribution in [0.1, 0.15) is 29.2 Å². The molecule has 1 atom stereocenters. The highest BCUT2D eigenvalue weighted by molar-refractivity contribution is 5.67. The van der Waals surface area contributed by atoms with Crippen molar-refractivity contribution in [3.05, 3.63) is 34.9 Å². The number of hydrogen-bond donors (Lipinski definition) is 2. The Kier molecular flexibility index (Phi) is 3.22. The highest BCUT2D eigenvalue weighted by Crippen LogP contribution is 2.23. The van der Waals surface area contributed by atoms with Gasteiger partial charge in [0, 0.05) is 0 Å². The van der Waals surface area contributed by atoms with Crippen molar-refractivity contribution in [3.63, 3.8) is 0 Å². The summed E-state index contributed by atoms with van der Waals surface area (Å²) in [7, 11) is 0. The highest BCUT2D eigenvalue weighted by atomic mass is 16.5. The molecule has 0 fully saturated rings. The Labute approximate surface area is 93.5 Å². The molecule has 1 aliphatic heterocycles. The van der Waals surface area contributed by atoms with E-state index in [0.717, 1.165) is 17.5 Å². The molecule has 4 heteroatoms. The van der Waals surface area contributed by atoms with Gasteiger partial charge in [-0.1, -0.05) is 18.2 Å². The molecular formula is C12H14O4. The lowest BCUT2D eigenvalue weighted by molar-refractivity contribution is -0.139. The number of carbonyl (C=O) groups is 1. The lowest BCUT2D eigenvalue weighted by Crippen LogP contribution is -2.12. The Hall–Kier alpha value is -1.39. The molecule has 0 aromatic heterocycles. The zero-order valence-electron chi connectivity index (χ0n) is 8.85. The Morgan fingerprint density at radius 1 is 1.44 bits per heavy atom. The first-order valence-corrected chi connectivity index (χ1v) is 5.26. The summed E-state index contributed by atoms with van der Waals surface area (Å²) < 4.78 is 5.30. The summed E-state index contributed by atoms with van der Waals surface area (Å²) in [5.74, 6) is -0.992. The second-order valence-corrected chi connectivity index (χ2v) is 3.94. The molecule has 0 saturated carbocycles. The average molecular weight is 222 g/mol. The Morgan fingerprint density at radius 2 is 2.25 bits per heavy atom. The molecule has 1 aromatic carbocycles. The van der Waals surface area contributed by atoms with Crippen molar-refractivity contribution < 1.29 is 19.7 Å². The van der Waals surface area contributed by atoms with Crippen LogP contribution in [0.4, 0.5) is 0 Å². The molecule has 0 unspecified atom stereocenters. The van der Waals surface area contributed by atoms with Crippen LogP contribution in [0.3, 0.4) is 0 Å². The van der Waals surface area contributed by atoms with E-state index in [1.807, 2.05) is 12.1 Å². The second kappa shape index (κ2) is 4.63. The SMILES string of the molecule is O=C(O)C[C@@H](O)c1ccc2c(c1)CCOC2. The van der Waals surface area contributed by atoms with Crippen LogP contribution in [0.2, 0.25) is 0 Å². The summed E-state index contributed by atoms with van der Waals surface area (Å²) in [4.78, 5) is 10.5. The summed E-state index contributed by atoms with van der Waals surface area (Å²) in [6.45, 7) is 1.29. The van der Waals surface area contributed by atoms with Crippen molar-refractivity contribution >= 4 is 5.97 Å². The topological polar surface area (TPSA) is 66.8 Å². The zero-order chi connectivity index (χ0) is 11.5. The number of aliphatic carboxylic acids is 1. The Bertz CT molecular complexity index is 400. The molecule has 2 N–H and O–H groups in total. The maximum atomic E-state index is 10.5. The molecule has 4 nitrogen and oxygen atoms in total. The molecule has 1 aromatic rings. The lowest BCUT2D eigenvalue weighted by atomic mass is 9.97. The van der Waals surface area contributed by atoms with E-state index in [1.54, 1.807) is 6.07 Å². The first-order chi connectivity index (χ1) is 7.66. The van der Waals surface area contributed by atoms with Crippen LogP contribution < -0.4 is 0 Å². The molecule has 2 rings (SSSR count). The number of fused-ring (bicyclic) bond motifs is 1. The van der Waals surface area contributed by atoms with Gasteiger partial charge < -0.3 is 14.9 Å². The third kappa shape index (κ3) is 2.40. The fourth-order valence-electron chi connectivity index (χ4n) is 1.87. The van der Waals surface area contributed by atoms with Crippen LogP contribution in [0.5, 0.6) is 0 Å². The van der Waals surface area contributed by atoms with Gasteiger partial charge >= 0.3 is 5.97 Å². The fourth-order valence-corrected chi connectivity index (χ4v) is 1.87. The monoisotopic (exact) mass is 222 g/mol. The Balaban J connectivity index is 2.19. The molecule has 1 heterocycles. The van der Waals surface area contributed by atoms with Crippen LogP contribution >= 0.6 is 0 Å². The zero-order valence-corrected chi connectivity index (χ0v) is 8.85. The van der Waals surface area contributed by atoms with E-state index in [9.17, 15) is 9.90 Å². The second-order valence-electron chi connectivity index (χ2n) is 3.94. The van der Waals surface area contributed by atoms with Crippen molar-refractivity contribution in [2.45, 2.75) is 25.6 Å². The highest BCUT2D eigenvalue weighted by Gasteiger charge is 2.15. The summed E-state index contributed by atoms with van der Waals surface area (Å²) in [5.41, 5.74) is 2.94. The minimum Gasteiger partial charge on any atom is -0.481 e. The summed E-state index contributed by atoms with van der Waals surface area (Å²) in [5, 5.41) is 18.3. The summed E-state index contributed by atoms with van der Waals surface area (Å²) in [6.07, 6.45) is -0.358. The van der Waals surface area contributed by atoms with E-state index < -0.39 is 12.1 Å². The lowest BCUT2D eigenvalue weighted by Gasteiger charge is -2.18. The quantitative estimate of drug-likeness (QED) is 0.808. The number of carboxylic acids is 1. The molecule has 0 bridgehead atoms. The summed E-state index contributed by atoms with van der Waals surface area (Å²) >= 11 is 0. The minimum atomic E-state index is -0.992. The van der Waals surface area contributed by atoms with Gasteiger partial charge in [-0.2, -0.15) is 0 Å². The van der Waals surface area contributed by atoms with Crippen molar-refractivity contribution in [1.29, 1.82) is 0 Å². The van der Waals surface area contributed by atoms with Gasteiger partial charge in [0.05, 0.1) is 25.7 Å². The number of benzene rings is 1. The predicted molar refractivity (Wildman–Crippen MR) is 57.0 cm³/mol.